The molecule has 1 aromatic carbocycles. The van der Waals surface area contributed by atoms with Crippen LogP contribution in [0.5, 0.6) is 5.75 Å². The Hall–Kier alpha value is -2.30. The van der Waals surface area contributed by atoms with Crippen molar-refractivity contribution < 1.29 is 14.3 Å². The number of anilines is 1. The summed E-state index contributed by atoms with van der Waals surface area (Å²) < 4.78 is 5.63. The molecule has 1 heterocycles. The van der Waals surface area contributed by atoms with Gasteiger partial charge in [0.25, 0.3) is 11.8 Å². The lowest BCUT2D eigenvalue weighted by Gasteiger charge is -2.32. The number of hydrogen-bond acceptors (Lipinski definition) is 3. The van der Waals surface area contributed by atoms with Gasteiger partial charge < -0.3 is 15.4 Å². The van der Waals surface area contributed by atoms with E-state index < -0.39 is 6.10 Å². The highest BCUT2D eigenvalue weighted by atomic mass is 16.5. The van der Waals surface area contributed by atoms with Gasteiger partial charge in [0, 0.05) is 5.54 Å². The summed E-state index contributed by atoms with van der Waals surface area (Å²) in [4.78, 5) is 24.3. The molecule has 5 nitrogen and oxygen atoms in total. The van der Waals surface area contributed by atoms with E-state index in [9.17, 15) is 9.59 Å². The summed E-state index contributed by atoms with van der Waals surface area (Å²) in [7, 11) is 0. The predicted molar refractivity (Wildman–Crippen MR) is 84.0 cm³/mol. The Morgan fingerprint density at radius 1 is 1.41 bits per heavy atom. The SMILES string of the molecule is CC1Oc2c(cccc2C(=O)NC2(C)CC=CCC2)NC1=O. The van der Waals surface area contributed by atoms with Crippen molar-refractivity contribution in [2.24, 2.45) is 0 Å². The van der Waals surface area contributed by atoms with Crippen molar-refractivity contribution >= 4 is 17.5 Å². The fourth-order valence-corrected chi connectivity index (χ4v) is 2.83. The summed E-state index contributed by atoms with van der Waals surface area (Å²) in [6, 6.07) is 5.21. The number of benzene rings is 1. The van der Waals surface area contributed by atoms with Gasteiger partial charge in [-0.1, -0.05) is 18.2 Å². The topological polar surface area (TPSA) is 67.4 Å². The largest absolute Gasteiger partial charge is 0.478 e. The molecule has 0 radical (unpaired) electrons. The number of ether oxygens (including phenoxy) is 1. The quantitative estimate of drug-likeness (QED) is 0.825. The van der Waals surface area contributed by atoms with Gasteiger partial charge in [-0.15, -0.1) is 0 Å². The Morgan fingerprint density at radius 3 is 2.95 bits per heavy atom. The zero-order chi connectivity index (χ0) is 15.7. The average molecular weight is 300 g/mol. The third kappa shape index (κ3) is 2.71. The molecule has 22 heavy (non-hydrogen) atoms. The molecule has 1 aliphatic heterocycles. The van der Waals surface area contributed by atoms with Crippen LogP contribution in [0.15, 0.2) is 30.4 Å². The molecule has 5 heteroatoms. The number of carbonyl (C=O) groups is 2. The molecule has 2 amide bonds. The summed E-state index contributed by atoms with van der Waals surface area (Å²) in [6.07, 6.45) is 6.34. The van der Waals surface area contributed by atoms with E-state index in [1.165, 1.54) is 0 Å². The Kier molecular flexibility index (Phi) is 3.64. The molecule has 3 rings (SSSR count). The Balaban J connectivity index is 1.86. The number of amides is 2. The molecule has 2 atom stereocenters. The van der Waals surface area contributed by atoms with E-state index >= 15 is 0 Å². The summed E-state index contributed by atoms with van der Waals surface area (Å²) >= 11 is 0. The van der Waals surface area contributed by atoms with E-state index in [0.717, 1.165) is 19.3 Å². The molecule has 0 aromatic heterocycles. The van der Waals surface area contributed by atoms with Crippen LogP contribution in [0.1, 0.15) is 43.5 Å². The van der Waals surface area contributed by atoms with Gasteiger partial charge in [0.05, 0.1) is 11.3 Å². The van der Waals surface area contributed by atoms with Crippen LogP contribution in [0.3, 0.4) is 0 Å². The number of carbonyl (C=O) groups excluding carboxylic acids is 2. The van der Waals surface area contributed by atoms with Crippen LogP contribution in [-0.4, -0.2) is 23.5 Å². The summed E-state index contributed by atoms with van der Waals surface area (Å²) in [6.45, 7) is 3.72. The maximum atomic E-state index is 12.7. The average Bonchev–Trinajstić information content (AvgIpc) is 2.48. The number of para-hydroxylation sites is 1. The first-order valence-electron chi connectivity index (χ1n) is 7.57. The van der Waals surface area contributed by atoms with Crippen LogP contribution >= 0.6 is 0 Å². The second-order valence-electron chi connectivity index (χ2n) is 6.16. The van der Waals surface area contributed by atoms with E-state index in [1.807, 2.05) is 0 Å². The van der Waals surface area contributed by atoms with Gasteiger partial charge in [0.1, 0.15) is 0 Å². The molecule has 0 saturated carbocycles. The number of rotatable bonds is 2. The number of nitrogens with one attached hydrogen (secondary N) is 2. The zero-order valence-corrected chi connectivity index (χ0v) is 12.8. The minimum absolute atomic E-state index is 0.169. The second-order valence-corrected chi connectivity index (χ2v) is 6.16. The summed E-state index contributed by atoms with van der Waals surface area (Å²) in [5.74, 6) is 0.0782. The molecule has 1 aromatic rings. The first-order chi connectivity index (χ1) is 10.5. The molecule has 116 valence electrons. The van der Waals surface area contributed by atoms with E-state index in [-0.39, 0.29) is 17.4 Å². The first kappa shape index (κ1) is 14.6. The number of fused-ring (bicyclic) bond motifs is 1. The zero-order valence-electron chi connectivity index (χ0n) is 12.8. The maximum absolute atomic E-state index is 12.7. The lowest BCUT2D eigenvalue weighted by Crippen LogP contribution is -2.46. The Bertz CT molecular complexity index is 653. The Labute approximate surface area is 129 Å². The van der Waals surface area contributed by atoms with Crippen molar-refractivity contribution in [2.45, 2.75) is 44.8 Å². The monoisotopic (exact) mass is 300 g/mol. The first-order valence-corrected chi connectivity index (χ1v) is 7.57. The minimum atomic E-state index is -0.602. The smallest absolute Gasteiger partial charge is 0.265 e. The molecule has 2 aliphatic rings. The van der Waals surface area contributed by atoms with Crippen LogP contribution in [0, 0.1) is 0 Å². The van der Waals surface area contributed by atoms with Gasteiger partial charge in [-0.25, -0.2) is 0 Å². The molecular formula is C17H20N2O3. The van der Waals surface area contributed by atoms with E-state index in [2.05, 4.69) is 29.7 Å². The fourth-order valence-electron chi connectivity index (χ4n) is 2.83. The predicted octanol–water partition coefficient (Wildman–Crippen LogP) is 2.63. The van der Waals surface area contributed by atoms with Crippen molar-refractivity contribution in [2.75, 3.05) is 5.32 Å². The van der Waals surface area contributed by atoms with Crippen LogP contribution in [0.25, 0.3) is 0 Å². The summed E-state index contributed by atoms with van der Waals surface area (Å²) in [5.41, 5.74) is 0.766. The van der Waals surface area contributed by atoms with Crippen molar-refractivity contribution in [1.82, 2.24) is 5.32 Å². The van der Waals surface area contributed by atoms with Gasteiger partial charge in [-0.2, -0.15) is 0 Å². The van der Waals surface area contributed by atoms with Gasteiger partial charge in [-0.05, 0) is 45.2 Å². The van der Waals surface area contributed by atoms with Crippen molar-refractivity contribution in [3.05, 3.63) is 35.9 Å². The standard InChI is InChI=1S/C17H20N2O3/c1-11-15(20)18-13-8-6-7-12(14(13)22-11)16(21)19-17(2)9-4-3-5-10-17/h3-4,6-8,11H,5,9-10H2,1-2H3,(H,18,20)(H,19,21). The second kappa shape index (κ2) is 5.48. The lowest BCUT2D eigenvalue weighted by molar-refractivity contribution is -0.122. The van der Waals surface area contributed by atoms with Crippen LogP contribution < -0.4 is 15.4 Å². The van der Waals surface area contributed by atoms with Crippen molar-refractivity contribution in [1.29, 1.82) is 0 Å². The minimum Gasteiger partial charge on any atom is -0.478 e. The maximum Gasteiger partial charge on any atom is 0.265 e. The molecule has 1 aliphatic carbocycles. The molecule has 2 N–H and O–H groups in total. The van der Waals surface area contributed by atoms with Gasteiger partial charge >= 0.3 is 0 Å². The highest BCUT2D eigenvalue weighted by Gasteiger charge is 2.31. The van der Waals surface area contributed by atoms with Crippen LogP contribution in [0.2, 0.25) is 0 Å². The van der Waals surface area contributed by atoms with Gasteiger partial charge in [0.15, 0.2) is 11.9 Å². The molecule has 2 unspecified atom stereocenters. The Morgan fingerprint density at radius 2 is 2.23 bits per heavy atom. The fraction of sp³-hybridized carbons (Fsp3) is 0.412. The van der Waals surface area contributed by atoms with E-state index in [0.29, 0.717) is 17.0 Å². The lowest BCUT2D eigenvalue weighted by atomic mass is 9.87. The van der Waals surface area contributed by atoms with Gasteiger partial charge in [0.2, 0.25) is 0 Å². The molecule has 0 bridgehead atoms. The van der Waals surface area contributed by atoms with Crippen molar-refractivity contribution in [3.63, 3.8) is 0 Å². The highest BCUT2D eigenvalue weighted by Crippen LogP contribution is 2.34. The van der Waals surface area contributed by atoms with E-state index in [1.54, 1.807) is 25.1 Å². The van der Waals surface area contributed by atoms with Crippen LogP contribution in [0.4, 0.5) is 5.69 Å². The van der Waals surface area contributed by atoms with E-state index in [4.69, 9.17) is 4.74 Å². The molecular weight excluding hydrogens is 280 g/mol. The van der Waals surface area contributed by atoms with Gasteiger partial charge in [-0.3, -0.25) is 9.59 Å². The highest BCUT2D eigenvalue weighted by molar-refractivity contribution is 6.04. The molecule has 0 fully saturated rings. The normalized spacial score (nSPS) is 26.6. The molecule has 0 saturated heterocycles. The summed E-state index contributed by atoms with van der Waals surface area (Å²) in [5, 5.41) is 5.87. The third-order valence-electron chi connectivity index (χ3n) is 4.19. The van der Waals surface area contributed by atoms with Crippen molar-refractivity contribution in [3.8, 4) is 5.75 Å². The number of hydrogen-bond donors (Lipinski definition) is 2. The molecule has 0 spiro atoms. The third-order valence-corrected chi connectivity index (χ3v) is 4.19. The number of allylic oxidation sites excluding steroid dienone is 1. The van der Waals surface area contributed by atoms with Crippen LogP contribution in [-0.2, 0) is 4.79 Å².